The zero-order valence-corrected chi connectivity index (χ0v) is 14.7. The van der Waals surface area contributed by atoms with Crippen LogP contribution in [0.2, 0.25) is 0 Å². The van der Waals surface area contributed by atoms with Gasteiger partial charge >= 0.3 is 0 Å². The second-order valence-electron chi connectivity index (χ2n) is 6.89. The largest absolute Gasteiger partial charge is 0.372 e. The van der Waals surface area contributed by atoms with Gasteiger partial charge < -0.3 is 10.2 Å². The molecule has 3 nitrogen and oxygen atoms in total. The SMILES string of the molecule is c1ccc2c(Nc3ccc(N4CCCC4)cc3)c3ccccc3nc2c1. The van der Waals surface area contributed by atoms with Crippen molar-refractivity contribution in [1.29, 1.82) is 0 Å². The highest BCUT2D eigenvalue weighted by molar-refractivity contribution is 6.08. The van der Waals surface area contributed by atoms with Crippen LogP contribution in [0.25, 0.3) is 21.8 Å². The maximum absolute atomic E-state index is 4.80. The van der Waals surface area contributed by atoms with E-state index in [-0.39, 0.29) is 0 Å². The summed E-state index contributed by atoms with van der Waals surface area (Å²) in [6.45, 7) is 2.35. The molecule has 0 atom stereocenters. The molecule has 0 amide bonds. The summed E-state index contributed by atoms with van der Waals surface area (Å²) in [7, 11) is 0. The van der Waals surface area contributed by atoms with Crippen LogP contribution in [0.5, 0.6) is 0 Å². The Kier molecular flexibility index (Phi) is 3.71. The van der Waals surface area contributed by atoms with Crippen molar-refractivity contribution in [2.45, 2.75) is 12.8 Å². The number of rotatable bonds is 3. The molecule has 0 spiro atoms. The first-order chi connectivity index (χ1) is 12.9. The third kappa shape index (κ3) is 2.66. The van der Waals surface area contributed by atoms with E-state index < -0.39 is 0 Å². The summed E-state index contributed by atoms with van der Waals surface area (Å²) in [4.78, 5) is 7.26. The highest BCUT2D eigenvalue weighted by Crippen LogP contribution is 2.33. The minimum Gasteiger partial charge on any atom is -0.372 e. The molecule has 1 saturated heterocycles. The van der Waals surface area contributed by atoms with Gasteiger partial charge in [0.15, 0.2) is 0 Å². The second kappa shape index (κ2) is 6.34. The molecule has 0 radical (unpaired) electrons. The van der Waals surface area contributed by atoms with Crippen LogP contribution < -0.4 is 10.2 Å². The summed E-state index contributed by atoms with van der Waals surface area (Å²) >= 11 is 0. The summed E-state index contributed by atoms with van der Waals surface area (Å²) in [6, 6.07) is 25.4. The van der Waals surface area contributed by atoms with E-state index in [4.69, 9.17) is 4.98 Å². The lowest BCUT2D eigenvalue weighted by molar-refractivity contribution is 0.949. The molecule has 3 heteroatoms. The van der Waals surface area contributed by atoms with E-state index in [0.29, 0.717) is 0 Å². The molecule has 1 N–H and O–H groups in total. The van der Waals surface area contributed by atoms with Crippen LogP contribution in [0.15, 0.2) is 72.8 Å². The number of nitrogens with zero attached hydrogens (tertiary/aromatic N) is 2. The Balaban J connectivity index is 1.57. The summed E-state index contributed by atoms with van der Waals surface area (Å²) < 4.78 is 0. The van der Waals surface area contributed by atoms with Gasteiger partial charge in [0.2, 0.25) is 0 Å². The van der Waals surface area contributed by atoms with E-state index >= 15 is 0 Å². The van der Waals surface area contributed by atoms with Crippen molar-refractivity contribution < 1.29 is 0 Å². The zero-order chi connectivity index (χ0) is 17.3. The third-order valence-corrected chi connectivity index (χ3v) is 5.20. The van der Waals surface area contributed by atoms with E-state index in [1.54, 1.807) is 0 Å². The lowest BCUT2D eigenvalue weighted by Gasteiger charge is -2.18. The first-order valence-electron chi connectivity index (χ1n) is 9.28. The van der Waals surface area contributed by atoms with E-state index in [2.05, 4.69) is 70.9 Å². The first-order valence-corrected chi connectivity index (χ1v) is 9.28. The molecule has 1 fully saturated rings. The third-order valence-electron chi connectivity index (χ3n) is 5.20. The van der Waals surface area contributed by atoms with Crippen LogP contribution in [0, 0.1) is 0 Å². The number of nitrogens with one attached hydrogen (secondary N) is 1. The Hall–Kier alpha value is -3.07. The smallest absolute Gasteiger partial charge is 0.0730 e. The Morgan fingerprint density at radius 3 is 1.88 bits per heavy atom. The van der Waals surface area contributed by atoms with Crippen molar-refractivity contribution in [2.24, 2.45) is 0 Å². The monoisotopic (exact) mass is 339 g/mol. The fourth-order valence-corrected chi connectivity index (χ4v) is 3.85. The van der Waals surface area contributed by atoms with Crippen molar-refractivity contribution in [1.82, 2.24) is 4.98 Å². The summed E-state index contributed by atoms with van der Waals surface area (Å²) in [5.74, 6) is 0. The van der Waals surface area contributed by atoms with Gasteiger partial charge in [0.05, 0.1) is 16.7 Å². The molecule has 128 valence electrons. The number of anilines is 3. The minimum atomic E-state index is 1.02. The molecule has 2 heterocycles. The molecule has 1 aliphatic rings. The molecule has 26 heavy (non-hydrogen) atoms. The van der Waals surface area contributed by atoms with E-state index in [0.717, 1.165) is 33.2 Å². The summed E-state index contributed by atoms with van der Waals surface area (Å²) in [5.41, 5.74) is 5.58. The number of benzene rings is 3. The molecule has 0 saturated carbocycles. The first kappa shape index (κ1) is 15.2. The Bertz CT molecular complexity index is 1010. The van der Waals surface area contributed by atoms with Gasteiger partial charge in [-0.05, 0) is 49.2 Å². The van der Waals surface area contributed by atoms with Crippen molar-refractivity contribution >= 4 is 38.9 Å². The molecular formula is C23H21N3. The lowest BCUT2D eigenvalue weighted by Crippen LogP contribution is -2.17. The fraction of sp³-hybridized carbons (Fsp3) is 0.174. The van der Waals surface area contributed by atoms with Crippen LogP contribution in [-0.4, -0.2) is 18.1 Å². The quantitative estimate of drug-likeness (QED) is 0.483. The molecule has 1 aromatic heterocycles. The van der Waals surface area contributed by atoms with Crippen LogP contribution >= 0.6 is 0 Å². The second-order valence-corrected chi connectivity index (χ2v) is 6.89. The standard InChI is InChI=1S/C23H21N3/c1-3-9-21-19(7-1)23(20-8-2-4-10-22(20)25-21)24-17-11-13-18(14-12-17)26-15-5-6-16-26/h1-4,7-14H,5-6,15-16H2,(H,24,25). The van der Waals surface area contributed by atoms with Gasteiger partial charge in [-0.3, -0.25) is 0 Å². The van der Waals surface area contributed by atoms with Gasteiger partial charge in [-0.1, -0.05) is 36.4 Å². The van der Waals surface area contributed by atoms with Crippen LogP contribution in [0.3, 0.4) is 0 Å². The molecule has 3 aromatic carbocycles. The lowest BCUT2D eigenvalue weighted by atomic mass is 10.1. The van der Waals surface area contributed by atoms with Crippen molar-refractivity contribution in [2.75, 3.05) is 23.3 Å². The average Bonchev–Trinajstić information content (AvgIpc) is 3.23. The number of pyridine rings is 1. The zero-order valence-electron chi connectivity index (χ0n) is 14.7. The van der Waals surface area contributed by atoms with Gasteiger partial charge in [-0.25, -0.2) is 4.98 Å². The molecular weight excluding hydrogens is 318 g/mol. The molecule has 5 rings (SSSR count). The Morgan fingerprint density at radius 2 is 1.27 bits per heavy atom. The predicted octanol–water partition coefficient (Wildman–Crippen LogP) is 5.73. The molecule has 4 aromatic rings. The van der Waals surface area contributed by atoms with E-state index in [1.807, 2.05) is 12.1 Å². The number of hydrogen-bond acceptors (Lipinski definition) is 3. The predicted molar refractivity (Wildman–Crippen MR) is 110 cm³/mol. The summed E-state index contributed by atoms with van der Waals surface area (Å²) in [5, 5.41) is 5.95. The average molecular weight is 339 g/mol. The molecule has 0 unspecified atom stereocenters. The van der Waals surface area contributed by atoms with Crippen molar-refractivity contribution in [3.05, 3.63) is 72.8 Å². The van der Waals surface area contributed by atoms with Crippen molar-refractivity contribution in [3.63, 3.8) is 0 Å². The molecule has 0 aliphatic carbocycles. The normalized spacial score (nSPS) is 14.2. The fourth-order valence-electron chi connectivity index (χ4n) is 3.85. The number of para-hydroxylation sites is 2. The van der Waals surface area contributed by atoms with Crippen LogP contribution in [-0.2, 0) is 0 Å². The molecule has 1 aliphatic heterocycles. The van der Waals surface area contributed by atoms with Gasteiger partial charge in [-0.2, -0.15) is 0 Å². The summed E-state index contributed by atoms with van der Waals surface area (Å²) in [6.07, 6.45) is 2.60. The molecule has 0 bridgehead atoms. The van der Waals surface area contributed by atoms with Crippen molar-refractivity contribution in [3.8, 4) is 0 Å². The van der Waals surface area contributed by atoms with Gasteiger partial charge in [0, 0.05) is 35.2 Å². The van der Waals surface area contributed by atoms with E-state index in [1.165, 1.54) is 31.6 Å². The maximum Gasteiger partial charge on any atom is 0.0730 e. The van der Waals surface area contributed by atoms with Gasteiger partial charge in [0.25, 0.3) is 0 Å². The van der Waals surface area contributed by atoms with E-state index in [9.17, 15) is 0 Å². The number of fused-ring (bicyclic) bond motifs is 2. The van der Waals surface area contributed by atoms with Gasteiger partial charge in [-0.15, -0.1) is 0 Å². The van der Waals surface area contributed by atoms with Gasteiger partial charge in [0.1, 0.15) is 0 Å². The maximum atomic E-state index is 4.80. The highest BCUT2D eigenvalue weighted by Gasteiger charge is 2.12. The van der Waals surface area contributed by atoms with Crippen LogP contribution in [0.1, 0.15) is 12.8 Å². The Labute approximate surface area is 153 Å². The highest BCUT2D eigenvalue weighted by atomic mass is 15.1. The number of aromatic nitrogens is 1. The minimum absolute atomic E-state index is 1.02. The number of hydrogen-bond donors (Lipinski definition) is 1. The van der Waals surface area contributed by atoms with Crippen LogP contribution in [0.4, 0.5) is 17.1 Å². The topological polar surface area (TPSA) is 28.2 Å². The Morgan fingerprint density at radius 1 is 0.692 bits per heavy atom.